The fraction of sp³-hybridized carbons (Fsp3) is 0.400. The maximum atomic E-state index is 13.7. The Labute approximate surface area is 126 Å². The molecule has 0 saturated carbocycles. The minimum atomic E-state index is -1.50. The maximum absolute atomic E-state index is 13.7. The molecule has 6 nitrogen and oxygen atoms in total. The highest BCUT2D eigenvalue weighted by Crippen LogP contribution is 2.24. The lowest BCUT2D eigenvalue weighted by Crippen LogP contribution is -2.29. The number of esters is 1. The molecule has 22 heavy (non-hydrogen) atoms. The van der Waals surface area contributed by atoms with E-state index in [-0.39, 0.29) is 11.5 Å². The van der Waals surface area contributed by atoms with Crippen molar-refractivity contribution in [1.29, 1.82) is 0 Å². The number of rotatable bonds is 5. The van der Waals surface area contributed by atoms with E-state index >= 15 is 0 Å². The minimum Gasteiger partial charge on any atom is -0.451 e. The van der Waals surface area contributed by atoms with Gasteiger partial charge in [-0.05, 0) is 25.5 Å². The van der Waals surface area contributed by atoms with Crippen LogP contribution in [0.3, 0.4) is 0 Å². The number of carbonyl (C=O) groups excluding carboxylic acids is 1. The normalized spacial score (nSPS) is 15.1. The number of halogens is 1. The molecule has 0 aliphatic rings. The van der Waals surface area contributed by atoms with Crippen molar-refractivity contribution in [3.63, 3.8) is 0 Å². The molecule has 0 amide bonds. The van der Waals surface area contributed by atoms with E-state index in [1.807, 2.05) is 0 Å². The molecule has 0 saturated heterocycles. The molecule has 2 aromatic rings. The van der Waals surface area contributed by atoms with Crippen LogP contribution in [0.4, 0.5) is 4.39 Å². The number of nitrogens with zero attached hydrogens (tertiary/aromatic N) is 2. The van der Waals surface area contributed by atoms with E-state index in [9.17, 15) is 14.3 Å². The number of aryl methyl sites for hydroxylation is 1. The Morgan fingerprint density at radius 3 is 2.64 bits per heavy atom. The summed E-state index contributed by atoms with van der Waals surface area (Å²) in [5.41, 5.74) is 0.244. The highest BCUT2D eigenvalue weighted by molar-refractivity contribution is 5.75. The van der Waals surface area contributed by atoms with Gasteiger partial charge in [0.15, 0.2) is 18.0 Å². The van der Waals surface area contributed by atoms with Gasteiger partial charge in [-0.15, -0.1) is 0 Å². The standard InChI is InChI=1S/C15H17FN2O4/c1-8(11-6-4-5-7-12(11)16)13(19)15(20)21-9(2)14-17-10(3)18-22-14/h4-9,13,19H,1-3H3. The van der Waals surface area contributed by atoms with Crippen LogP contribution in [0, 0.1) is 12.7 Å². The van der Waals surface area contributed by atoms with Gasteiger partial charge in [0, 0.05) is 5.92 Å². The molecule has 1 heterocycles. The lowest BCUT2D eigenvalue weighted by atomic mass is 9.95. The van der Waals surface area contributed by atoms with Gasteiger partial charge in [0.05, 0.1) is 0 Å². The molecule has 1 N–H and O–H groups in total. The zero-order valence-electron chi connectivity index (χ0n) is 12.5. The smallest absolute Gasteiger partial charge is 0.336 e. The molecular weight excluding hydrogens is 291 g/mol. The summed E-state index contributed by atoms with van der Waals surface area (Å²) >= 11 is 0. The summed E-state index contributed by atoms with van der Waals surface area (Å²) in [5.74, 6) is -1.55. The first kappa shape index (κ1) is 16.1. The SMILES string of the molecule is Cc1noc(C(C)OC(=O)C(O)C(C)c2ccccc2F)n1. The largest absolute Gasteiger partial charge is 0.451 e. The molecule has 118 valence electrons. The minimum absolute atomic E-state index is 0.136. The van der Waals surface area contributed by atoms with Gasteiger partial charge in [0.2, 0.25) is 0 Å². The first-order valence-electron chi connectivity index (χ1n) is 6.83. The van der Waals surface area contributed by atoms with Gasteiger partial charge >= 0.3 is 5.97 Å². The molecule has 0 radical (unpaired) electrons. The lowest BCUT2D eigenvalue weighted by Gasteiger charge is -2.19. The van der Waals surface area contributed by atoms with Gasteiger partial charge in [0.25, 0.3) is 5.89 Å². The zero-order chi connectivity index (χ0) is 16.3. The first-order chi connectivity index (χ1) is 10.4. The van der Waals surface area contributed by atoms with E-state index in [4.69, 9.17) is 9.26 Å². The van der Waals surface area contributed by atoms with Crippen LogP contribution in [0.2, 0.25) is 0 Å². The molecular formula is C15H17FN2O4. The Morgan fingerprint density at radius 1 is 1.36 bits per heavy atom. The van der Waals surface area contributed by atoms with Crippen LogP contribution in [-0.4, -0.2) is 27.3 Å². The molecule has 3 atom stereocenters. The van der Waals surface area contributed by atoms with E-state index in [0.29, 0.717) is 5.82 Å². The third kappa shape index (κ3) is 3.48. The first-order valence-corrected chi connectivity index (χ1v) is 6.83. The van der Waals surface area contributed by atoms with Gasteiger partial charge in [-0.2, -0.15) is 4.98 Å². The lowest BCUT2D eigenvalue weighted by molar-refractivity contribution is -0.161. The van der Waals surface area contributed by atoms with E-state index in [1.54, 1.807) is 26.8 Å². The number of aliphatic hydroxyl groups excluding tert-OH is 1. The Morgan fingerprint density at radius 2 is 2.05 bits per heavy atom. The second kappa shape index (κ2) is 6.65. The molecule has 1 aromatic heterocycles. The summed E-state index contributed by atoms with van der Waals surface area (Å²) < 4.78 is 23.7. The number of aliphatic hydroxyl groups is 1. The summed E-state index contributed by atoms with van der Waals surface area (Å²) in [6.45, 7) is 4.73. The fourth-order valence-electron chi connectivity index (χ4n) is 1.99. The van der Waals surface area contributed by atoms with Crippen molar-refractivity contribution in [3.05, 3.63) is 47.4 Å². The summed E-state index contributed by atoms with van der Waals surface area (Å²) in [4.78, 5) is 15.9. The second-order valence-corrected chi connectivity index (χ2v) is 5.01. The van der Waals surface area contributed by atoms with E-state index in [1.165, 1.54) is 18.2 Å². The summed E-state index contributed by atoms with van der Waals surface area (Å²) in [7, 11) is 0. The highest BCUT2D eigenvalue weighted by atomic mass is 19.1. The van der Waals surface area contributed by atoms with Crippen molar-refractivity contribution in [2.45, 2.75) is 38.9 Å². The predicted octanol–water partition coefficient (Wildman–Crippen LogP) is 2.29. The average Bonchev–Trinajstić information content (AvgIpc) is 2.93. The van der Waals surface area contributed by atoms with E-state index in [2.05, 4.69) is 10.1 Å². The topological polar surface area (TPSA) is 85.5 Å². The number of carbonyl (C=O) groups is 1. The van der Waals surface area contributed by atoms with Crippen molar-refractivity contribution in [3.8, 4) is 0 Å². The number of benzene rings is 1. The van der Waals surface area contributed by atoms with Crippen molar-refractivity contribution in [2.75, 3.05) is 0 Å². The van der Waals surface area contributed by atoms with Crippen molar-refractivity contribution in [2.24, 2.45) is 0 Å². The van der Waals surface area contributed by atoms with Gasteiger partial charge in [0.1, 0.15) is 5.82 Å². The Bertz CT molecular complexity index is 658. The third-order valence-electron chi connectivity index (χ3n) is 3.29. The molecule has 3 unspecified atom stereocenters. The monoisotopic (exact) mass is 308 g/mol. The summed E-state index contributed by atoms with van der Waals surface area (Å²) in [6, 6.07) is 5.96. The van der Waals surface area contributed by atoms with Crippen LogP contribution in [0.15, 0.2) is 28.8 Å². The van der Waals surface area contributed by atoms with Crippen LogP contribution >= 0.6 is 0 Å². The van der Waals surface area contributed by atoms with Crippen LogP contribution in [0.1, 0.15) is 43.1 Å². The van der Waals surface area contributed by atoms with Crippen LogP contribution in [0.5, 0.6) is 0 Å². The predicted molar refractivity (Wildman–Crippen MR) is 74.4 cm³/mol. The summed E-state index contributed by atoms with van der Waals surface area (Å²) in [5, 5.41) is 13.7. The zero-order valence-corrected chi connectivity index (χ0v) is 12.5. The highest BCUT2D eigenvalue weighted by Gasteiger charge is 2.29. The van der Waals surface area contributed by atoms with Gasteiger partial charge in [-0.1, -0.05) is 30.3 Å². The number of aromatic nitrogens is 2. The van der Waals surface area contributed by atoms with Crippen LogP contribution < -0.4 is 0 Å². The van der Waals surface area contributed by atoms with E-state index in [0.717, 1.165) is 0 Å². The average molecular weight is 308 g/mol. The Hall–Kier alpha value is -2.28. The molecule has 0 aliphatic heterocycles. The molecule has 0 aliphatic carbocycles. The van der Waals surface area contributed by atoms with Crippen LogP contribution in [-0.2, 0) is 9.53 Å². The van der Waals surface area contributed by atoms with Crippen LogP contribution in [0.25, 0.3) is 0 Å². The Balaban J connectivity index is 2.04. The molecule has 0 fully saturated rings. The van der Waals surface area contributed by atoms with Gasteiger partial charge < -0.3 is 14.4 Å². The van der Waals surface area contributed by atoms with Crippen molar-refractivity contribution in [1.82, 2.24) is 10.1 Å². The fourth-order valence-corrected chi connectivity index (χ4v) is 1.99. The molecule has 1 aromatic carbocycles. The molecule has 2 rings (SSSR count). The number of hydrogen-bond donors (Lipinski definition) is 1. The maximum Gasteiger partial charge on any atom is 0.336 e. The molecule has 0 spiro atoms. The number of hydrogen-bond acceptors (Lipinski definition) is 6. The summed E-state index contributed by atoms with van der Waals surface area (Å²) in [6.07, 6.45) is -2.29. The Kier molecular flexibility index (Phi) is 4.87. The quantitative estimate of drug-likeness (QED) is 0.853. The van der Waals surface area contributed by atoms with Crippen molar-refractivity contribution < 1.29 is 23.6 Å². The van der Waals surface area contributed by atoms with E-state index < -0.39 is 29.9 Å². The van der Waals surface area contributed by atoms with Gasteiger partial charge in [-0.3, -0.25) is 0 Å². The molecule has 0 bridgehead atoms. The second-order valence-electron chi connectivity index (χ2n) is 5.01. The molecule has 7 heteroatoms. The van der Waals surface area contributed by atoms with Crippen molar-refractivity contribution >= 4 is 5.97 Å². The third-order valence-corrected chi connectivity index (χ3v) is 3.29. The van der Waals surface area contributed by atoms with Gasteiger partial charge in [-0.25, -0.2) is 9.18 Å². The number of ether oxygens (including phenoxy) is 1.